The quantitative estimate of drug-likeness (QED) is 0.409. The Kier molecular flexibility index (Phi) is 9.19. The molecule has 39 heavy (non-hydrogen) atoms. The number of aromatic nitrogens is 2. The predicted octanol–water partition coefficient (Wildman–Crippen LogP) is 5.07. The molecular weight excluding hydrogens is 500 g/mol. The number of hydrogen-bond donors (Lipinski definition) is 2. The molecule has 2 aromatic heterocycles. The fraction of sp³-hybridized carbons (Fsp3) is 0.448. The van der Waals surface area contributed by atoms with E-state index in [1.807, 2.05) is 63.2 Å². The van der Waals surface area contributed by atoms with Crippen LogP contribution in [0.25, 0.3) is 11.0 Å². The largest absolute Gasteiger partial charge is 0.481 e. The van der Waals surface area contributed by atoms with Gasteiger partial charge >= 0.3 is 12.2 Å². The summed E-state index contributed by atoms with van der Waals surface area (Å²) >= 11 is 0. The highest BCUT2D eigenvalue weighted by atomic mass is 16.6. The third-order valence-electron chi connectivity index (χ3n) is 6.27. The Hall–Kier alpha value is -3.92. The van der Waals surface area contributed by atoms with Gasteiger partial charge in [0.15, 0.2) is 0 Å². The highest BCUT2D eigenvalue weighted by molar-refractivity contribution is 5.79. The second-order valence-corrected chi connectivity index (χ2v) is 10.5. The van der Waals surface area contributed by atoms with Crippen LogP contribution in [0.2, 0.25) is 0 Å². The number of fused-ring (bicyclic) bond motifs is 1. The first-order valence-electron chi connectivity index (χ1n) is 13.1. The Balaban J connectivity index is 1.46. The lowest BCUT2D eigenvalue weighted by Crippen LogP contribution is -2.45. The van der Waals surface area contributed by atoms with Gasteiger partial charge in [0.1, 0.15) is 12.2 Å². The molecule has 3 aromatic rings. The number of pyridine rings is 2. The maximum atomic E-state index is 12.9. The second-order valence-electron chi connectivity index (χ2n) is 10.5. The molecular formula is C29H36N4O6. The van der Waals surface area contributed by atoms with Gasteiger partial charge in [-0.05, 0) is 57.7 Å². The van der Waals surface area contributed by atoms with E-state index in [4.69, 9.17) is 18.9 Å². The topological polar surface area (TPSA) is 121 Å². The Morgan fingerprint density at radius 2 is 1.87 bits per heavy atom. The van der Waals surface area contributed by atoms with Crippen molar-refractivity contribution in [2.45, 2.75) is 70.4 Å². The minimum Gasteiger partial charge on any atom is -0.481 e. The molecule has 0 radical (unpaired) electrons. The summed E-state index contributed by atoms with van der Waals surface area (Å²) in [6.45, 7) is 5.97. The van der Waals surface area contributed by atoms with E-state index in [2.05, 4.69) is 20.6 Å². The van der Waals surface area contributed by atoms with Gasteiger partial charge in [0.25, 0.3) is 0 Å². The summed E-state index contributed by atoms with van der Waals surface area (Å²) in [5.74, 6) is 0.451. The molecule has 3 heterocycles. The number of nitrogens with zero attached hydrogens (tertiary/aromatic N) is 2. The normalized spacial score (nSPS) is 18.2. The van der Waals surface area contributed by atoms with Crippen LogP contribution in [-0.2, 0) is 20.8 Å². The first-order chi connectivity index (χ1) is 18.7. The lowest BCUT2D eigenvalue weighted by molar-refractivity contribution is -0.0163. The molecule has 1 saturated heterocycles. The van der Waals surface area contributed by atoms with Gasteiger partial charge in [-0.25, -0.2) is 14.6 Å². The van der Waals surface area contributed by atoms with Crippen LogP contribution < -0.4 is 15.4 Å². The molecule has 2 amide bonds. The molecule has 0 unspecified atom stereocenters. The number of rotatable bonds is 8. The number of nitrogens with one attached hydrogen (secondary N) is 2. The lowest BCUT2D eigenvalue weighted by Gasteiger charge is -2.32. The summed E-state index contributed by atoms with van der Waals surface area (Å²) < 4.78 is 22.3. The van der Waals surface area contributed by atoms with Crippen molar-refractivity contribution in [2.75, 3.05) is 13.7 Å². The minimum atomic E-state index is -0.569. The number of hydrogen-bond acceptors (Lipinski definition) is 8. The molecule has 2 N–H and O–H groups in total. The molecule has 1 aliphatic rings. The zero-order chi connectivity index (χ0) is 27.8. The predicted molar refractivity (Wildman–Crippen MR) is 145 cm³/mol. The Labute approximate surface area is 228 Å². The molecule has 0 aliphatic carbocycles. The SMILES string of the molecule is COc1ccc2nccc([C@H](C[C@@H]3CC[C@@H](NC(=O)OC(C)(C)C)CO3)NC(=O)OCc3ccccc3)c2n1. The van der Waals surface area contributed by atoms with Gasteiger partial charge in [-0.15, -0.1) is 0 Å². The van der Waals surface area contributed by atoms with E-state index in [1.165, 1.54) is 0 Å². The van der Waals surface area contributed by atoms with Gasteiger partial charge in [0.05, 0.1) is 42.9 Å². The first kappa shape index (κ1) is 28.1. The molecule has 1 aromatic carbocycles. The van der Waals surface area contributed by atoms with E-state index in [9.17, 15) is 9.59 Å². The average molecular weight is 537 g/mol. The van der Waals surface area contributed by atoms with E-state index < -0.39 is 23.8 Å². The van der Waals surface area contributed by atoms with Crippen LogP contribution in [0.3, 0.4) is 0 Å². The van der Waals surface area contributed by atoms with E-state index in [1.54, 1.807) is 19.4 Å². The fourth-order valence-electron chi connectivity index (χ4n) is 4.44. The summed E-state index contributed by atoms with van der Waals surface area (Å²) in [4.78, 5) is 34.1. The van der Waals surface area contributed by atoms with Crippen molar-refractivity contribution < 1.29 is 28.5 Å². The standard InChI is InChI=1S/C29H36N4O6/c1-29(2,3)39-28(35)31-20-10-11-21(37-18-20)16-24(32-27(34)38-17-19-8-6-5-7-9-19)22-14-15-30-23-12-13-25(36-4)33-26(22)23/h5-9,12-15,20-21,24H,10-11,16-18H2,1-4H3,(H,31,35)(H,32,34)/t20-,21+,24+/m1/s1. The van der Waals surface area contributed by atoms with Crippen molar-refractivity contribution >= 4 is 23.2 Å². The highest BCUT2D eigenvalue weighted by Crippen LogP contribution is 2.30. The Bertz CT molecular complexity index is 1260. The van der Waals surface area contributed by atoms with Crippen LogP contribution in [-0.4, -0.2) is 53.6 Å². The maximum Gasteiger partial charge on any atom is 0.407 e. The van der Waals surface area contributed by atoms with Crippen molar-refractivity contribution in [2.24, 2.45) is 0 Å². The third kappa shape index (κ3) is 8.28. The van der Waals surface area contributed by atoms with Crippen molar-refractivity contribution in [1.29, 1.82) is 0 Å². The summed E-state index contributed by atoms with van der Waals surface area (Å²) in [5.41, 5.74) is 2.42. The van der Waals surface area contributed by atoms with E-state index in [0.717, 1.165) is 17.5 Å². The smallest absolute Gasteiger partial charge is 0.407 e. The van der Waals surface area contributed by atoms with Crippen molar-refractivity contribution in [3.63, 3.8) is 0 Å². The number of carbonyl (C=O) groups excluding carboxylic acids is 2. The summed E-state index contributed by atoms with van der Waals surface area (Å²) in [6, 6.07) is 14.3. The number of amides is 2. The maximum absolute atomic E-state index is 12.9. The van der Waals surface area contributed by atoms with Crippen LogP contribution >= 0.6 is 0 Å². The first-order valence-corrected chi connectivity index (χ1v) is 13.1. The van der Waals surface area contributed by atoms with Gasteiger partial charge in [0, 0.05) is 17.8 Å². The van der Waals surface area contributed by atoms with Crippen LogP contribution in [0.4, 0.5) is 9.59 Å². The Morgan fingerprint density at radius 3 is 2.56 bits per heavy atom. The van der Waals surface area contributed by atoms with Gasteiger partial charge in [0.2, 0.25) is 5.88 Å². The molecule has 10 nitrogen and oxygen atoms in total. The number of methoxy groups -OCH3 is 1. The van der Waals surface area contributed by atoms with Gasteiger partial charge in [-0.1, -0.05) is 30.3 Å². The minimum absolute atomic E-state index is 0.147. The van der Waals surface area contributed by atoms with Crippen LogP contribution in [0, 0.1) is 0 Å². The van der Waals surface area contributed by atoms with Crippen LogP contribution in [0.1, 0.15) is 57.2 Å². The molecule has 0 saturated carbocycles. The van der Waals surface area contributed by atoms with Crippen molar-refractivity contribution in [1.82, 2.24) is 20.6 Å². The van der Waals surface area contributed by atoms with Gasteiger partial charge in [-0.3, -0.25) is 4.98 Å². The molecule has 0 bridgehead atoms. The molecule has 1 fully saturated rings. The van der Waals surface area contributed by atoms with E-state index >= 15 is 0 Å². The van der Waals surface area contributed by atoms with E-state index in [-0.39, 0.29) is 18.8 Å². The van der Waals surface area contributed by atoms with Gasteiger partial charge in [-0.2, -0.15) is 0 Å². The molecule has 208 valence electrons. The number of benzene rings is 1. The zero-order valence-corrected chi connectivity index (χ0v) is 22.8. The molecule has 1 aliphatic heterocycles. The highest BCUT2D eigenvalue weighted by Gasteiger charge is 2.29. The number of ether oxygens (including phenoxy) is 4. The monoisotopic (exact) mass is 536 g/mol. The van der Waals surface area contributed by atoms with E-state index in [0.29, 0.717) is 36.4 Å². The van der Waals surface area contributed by atoms with Gasteiger partial charge < -0.3 is 29.6 Å². The van der Waals surface area contributed by atoms with Crippen LogP contribution in [0.15, 0.2) is 54.7 Å². The summed E-state index contributed by atoms with van der Waals surface area (Å²) in [5, 5.41) is 5.88. The molecule has 0 spiro atoms. The average Bonchev–Trinajstić information content (AvgIpc) is 2.91. The number of carbonyl (C=O) groups is 2. The lowest BCUT2D eigenvalue weighted by atomic mass is 9.95. The summed E-state index contributed by atoms with van der Waals surface area (Å²) in [6.07, 6.45) is 2.43. The molecule has 10 heteroatoms. The third-order valence-corrected chi connectivity index (χ3v) is 6.27. The second kappa shape index (κ2) is 12.8. The molecule has 3 atom stereocenters. The fourth-order valence-corrected chi connectivity index (χ4v) is 4.44. The Morgan fingerprint density at radius 1 is 1.08 bits per heavy atom. The molecule has 4 rings (SSSR count). The van der Waals surface area contributed by atoms with Crippen molar-refractivity contribution in [3.8, 4) is 5.88 Å². The van der Waals surface area contributed by atoms with Crippen molar-refractivity contribution in [3.05, 3.63) is 65.9 Å². The summed E-state index contributed by atoms with van der Waals surface area (Å²) in [7, 11) is 1.55. The van der Waals surface area contributed by atoms with Crippen LogP contribution in [0.5, 0.6) is 5.88 Å². The number of alkyl carbamates (subject to hydrolysis) is 2. The zero-order valence-electron chi connectivity index (χ0n) is 22.8.